The number of aliphatic imine (C=N–C) groups is 1. The molecule has 176 valence electrons. The van der Waals surface area contributed by atoms with Gasteiger partial charge < -0.3 is 35.6 Å². The van der Waals surface area contributed by atoms with E-state index in [0.29, 0.717) is 51.0 Å². The minimum Gasteiger partial charge on any atom is -0.443 e. The molecule has 0 atom stereocenters. The highest BCUT2D eigenvalue weighted by atomic mass is 19.1. The molecule has 11 nitrogen and oxygen atoms in total. The van der Waals surface area contributed by atoms with Crippen molar-refractivity contribution in [3.63, 3.8) is 0 Å². The van der Waals surface area contributed by atoms with Crippen LogP contribution >= 0.6 is 0 Å². The maximum absolute atomic E-state index is 15.0. The molecular formula is C21H27FN8O3. The van der Waals surface area contributed by atoms with E-state index in [0.717, 1.165) is 18.8 Å². The minimum absolute atomic E-state index is 0.246. The summed E-state index contributed by atoms with van der Waals surface area (Å²) in [5.74, 6) is -0.186. The summed E-state index contributed by atoms with van der Waals surface area (Å²) in [4.78, 5) is 30.0. The van der Waals surface area contributed by atoms with Gasteiger partial charge in [0.25, 0.3) is 0 Å². The van der Waals surface area contributed by atoms with Crippen molar-refractivity contribution in [3.8, 4) is 0 Å². The third kappa shape index (κ3) is 5.58. The van der Waals surface area contributed by atoms with Crippen molar-refractivity contribution in [3.05, 3.63) is 42.0 Å². The molecule has 2 aliphatic heterocycles. The Hall–Kier alpha value is -3.67. The molecule has 2 fully saturated rings. The van der Waals surface area contributed by atoms with Crippen molar-refractivity contribution in [2.24, 2.45) is 16.5 Å². The Morgan fingerprint density at radius 3 is 2.36 bits per heavy atom. The molecule has 2 aromatic rings. The number of hydrogen-bond acceptors (Lipinski definition) is 8. The average Bonchev–Trinajstić information content (AvgIpc) is 2.84. The van der Waals surface area contributed by atoms with E-state index in [4.69, 9.17) is 20.9 Å². The summed E-state index contributed by atoms with van der Waals surface area (Å²) in [5, 5.41) is 0. The fourth-order valence-electron chi connectivity index (χ4n) is 3.81. The van der Waals surface area contributed by atoms with Crippen molar-refractivity contribution in [1.29, 1.82) is 0 Å². The van der Waals surface area contributed by atoms with Crippen LogP contribution < -0.4 is 26.2 Å². The summed E-state index contributed by atoms with van der Waals surface area (Å²) in [6.07, 6.45) is 2.72. The smallest absolute Gasteiger partial charge is 0.437 e. The number of carbonyl (C=O) groups is 1. The highest BCUT2D eigenvalue weighted by molar-refractivity contribution is 5.87. The molecule has 0 bridgehead atoms. The number of nitrogens with zero attached hydrogens (tertiary/aromatic N) is 6. The Bertz CT molecular complexity index is 986. The van der Waals surface area contributed by atoms with Gasteiger partial charge in [0.15, 0.2) is 11.8 Å². The third-order valence-corrected chi connectivity index (χ3v) is 5.53. The zero-order chi connectivity index (χ0) is 23.2. The van der Waals surface area contributed by atoms with E-state index in [1.54, 1.807) is 18.2 Å². The first-order valence-corrected chi connectivity index (χ1v) is 10.7. The summed E-state index contributed by atoms with van der Waals surface area (Å²) < 4.78 is 25.3. The molecule has 0 radical (unpaired) electrons. The quantitative estimate of drug-likeness (QED) is 0.486. The number of aromatic nitrogens is 2. The van der Waals surface area contributed by atoms with Crippen LogP contribution in [0.25, 0.3) is 0 Å². The van der Waals surface area contributed by atoms with E-state index in [9.17, 15) is 4.79 Å². The van der Waals surface area contributed by atoms with Gasteiger partial charge in [-0.15, -0.1) is 4.99 Å². The van der Waals surface area contributed by atoms with Gasteiger partial charge in [-0.1, -0.05) is 12.1 Å². The zero-order valence-corrected chi connectivity index (χ0v) is 18.2. The van der Waals surface area contributed by atoms with Gasteiger partial charge in [0.05, 0.1) is 37.0 Å². The van der Waals surface area contributed by atoms with Gasteiger partial charge >= 0.3 is 6.09 Å². The Morgan fingerprint density at radius 1 is 1.03 bits per heavy atom. The molecule has 1 aromatic heterocycles. The van der Waals surface area contributed by atoms with Crippen molar-refractivity contribution < 1.29 is 18.7 Å². The van der Waals surface area contributed by atoms with Crippen LogP contribution in [0.15, 0.2) is 35.6 Å². The molecule has 3 heterocycles. The lowest BCUT2D eigenvalue weighted by molar-refractivity contribution is 0.122. The van der Waals surface area contributed by atoms with Gasteiger partial charge in [-0.25, -0.2) is 19.2 Å². The van der Waals surface area contributed by atoms with Gasteiger partial charge in [-0.2, -0.15) is 0 Å². The Labute approximate surface area is 190 Å². The zero-order valence-electron chi connectivity index (χ0n) is 18.2. The van der Waals surface area contributed by atoms with Gasteiger partial charge in [0, 0.05) is 44.8 Å². The van der Waals surface area contributed by atoms with Crippen LogP contribution in [0.1, 0.15) is 5.56 Å². The normalized spacial score (nSPS) is 16.5. The predicted octanol–water partition coefficient (Wildman–Crippen LogP) is 0.689. The van der Waals surface area contributed by atoms with E-state index in [1.807, 2.05) is 17.3 Å². The van der Waals surface area contributed by atoms with E-state index in [2.05, 4.69) is 24.8 Å². The number of carbonyl (C=O) groups excluding carboxylic acids is 1. The summed E-state index contributed by atoms with van der Waals surface area (Å²) in [6, 6.07) is 4.99. The van der Waals surface area contributed by atoms with Crippen LogP contribution in [0.5, 0.6) is 0 Å². The fraction of sp³-hybridized carbons (Fsp3) is 0.429. The maximum atomic E-state index is 15.0. The number of ether oxygens (including phenoxy) is 2. The minimum atomic E-state index is -0.965. The van der Waals surface area contributed by atoms with Crippen LogP contribution in [-0.2, 0) is 16.1 Å². The second kappa shape index (κ2) is 10.3. The van der Waals surface area contributed by atoms with Crippen molar-refractivity contribution >= 4 is 29.4 Å². The third-order valence-electron chi connectivity index (χ3n) is 5.53. The molecule has 0 spiro atoms. The lowest BCUT2D eigenvalue weighted by atomic mass is 10.1. The first kappa shape index (κ1) is 22.5. The van der Waals surface area contributed by atoms with E-state index in [-0.39, 0.29) is 12.2 Å². The van der Waals surface area contributed by atoms with Gasteiger partial charge in [-0.05, 0) is 6.07 Å². The number of rotatable bonds is 5. The number of piperazine rings is 1. The molecule has 33 heavy (non-hydrogen) atoms. The van der Waals surface area contributed by atoms with Crippen molar-refractivity contribution in [2.45, 2.75) is 6.61 Å². The second-order valence-corrected chi connectivity index (χ2v) is 7.66. The molecule has 0 aliphatic carbocycles. The highest BCUT2D eigenvalue weighted by Gasteiger charge is 2.23. The molecule has 12 heteroatoms. The van der Waals surface area contributed by atoms with Gasteiger partial charge in [0.1, 0.15) is 6.61 Å². The van der Waals surface area contributed by atoms with Crippen LogP contribution in [0.3, 0.4) is 0 Å². The maximum Gasteiger partial charge on any atom is 0.437 e. The van der Waals surface area contributed by atoms with Crippen molar-refractivity contribution in [1.82, 2.24) is 9.97 Å². The molecule has 0 saturated carbocycles. The summed E-state index contributed by atoms with van der Waals surface area (Å²) in [5.41, 5.74) is 12.0. The number of morpholine rings is 1. The molecule has 1 amide bonds. The molecule has 2 aliphatic rings. The molecule has 0 unspecified atom stereocenters. The van der Waals surface area contributed by atoms with Crippen LogP contribution in [0.4, 0.5) is 26.5 Å². The molecule has 2 saturated heterocycles. The summed E-state index contributed by atoms with van der Waals surface area (Å²) >= 11 is 0. The topological polar surface area (TPSA) is 135 Å². The van der Waals surface area contributed by atoms with E-state index < -0.39 is 17.9 Å². The molecule has 1 aromatic carbocycles. The fourth-order valence-corrected chi connectivity index (χ4v) is 3.81. The SMILES string of the molecule is NC(N)=NC(=O)OCc1cccc(N2CCN(c3ncc(N4CCOCC4)cn3)CC2)c1F. The first-order valence-electron chi connectivity index (χ1n) is 10.7. The monoisotopic (exact) mass is 458 g/mol. The number of nitrogens with two attached hydrogens (primary N) is 2. The lowest BCUT2D eigenvalue weighted by Gasteiger charge is -2.36. The standard InChI is InChI=1S/C21H27FN8O3/c22-18-15(14-33-21(31)27-19(23)24)2-1-3-17(18)29-4-6-30(7-5-29)20-25-12-16(13-26-20)28-8-10-32-11-9-28/h1-3,12-13H,4-11,14H2,(H4,23,24,27,31). The van der Waals surface area contributed by atoms with Crippen LogP contribution in [0, 0.1) is 5.82 Å². The second-order valence-electron chi connectivity index (χ2n) is 7.66. The average molecular weight is 458 g/mol. The Balaban J connectivity index is 1.35. The number of halogens is 1. The molecule has 4 N–H and O–H groups in total. The molecule has 4 rings (SSSR count). The van der Waals surface area contributed by atoms with E-state index >= 15 is 4.39 Å². The predicted molar refractivity (Wildman–Crippen MR) is 122 cm³/mol. The van der Waals surface area contributed by atoms with Gasteiger partial charge in [0.2, 0.25) is 5.95 Å². The number of hydrogen-bond donors (Lipinski definition) is 2. The molecular weight excluding hydrogens is 431 g/mol. The number of amides is 1. The van der Waals surface area contributed by atoms with E-state index in [1.165, 1.54) is 0 Å². The largest absolute Gasteiger partial charge is 0.443 e. The Kier molecular flexibility index (Phi) is 7.03. The van der Waals surface area contributed by atoms with Crippen LogP contribution in [-0.4, -0.2) is 74.5 Å². The Morgan fingerprint density at radius 2 is 1.70 bits per heavy atom. The van der Waals surface area contributed by atoms with Crippen molar-refractivity contribution in [2.75, 3.05) is 67.2 Å². The van der Waals surface area contributed by atoms with Crippen LogP contribution in [0.2, 0.25) is 0 Å². The highest BCUT2D eigenvalue weighted by Crippen LogP contribution is 2.25. The summed E-state index contributed by atoms with van der Waals surface area (Å²) in [7, 11) is 0. The lowest BCUT2D eigenvalue weighted by Crippen LogP contribution is -2.47. The first-order chi connectivity index (χ1) is 16.0. The van der Waals surface area contributed by atoms with Gasteiger partial charge in [-0.3, -0.25) is 0 Å². The number of guanidine groups is 1. The number of anilines is 3. The summed E-state index contributed by atoms with van der Waals surface area (Å²) in [6.45, 7) is 5.32. The number of benzene rings is 1.